The molecule has 4 amide bonds. The zero-order valence-corrected chi connectivity index (χ0v) is 26.2. The molecule has 1 heterocycles. The predicted molar refractivity (Wildman–Crippen MR) is 166 cm³/mol. The number of nitrogens with zero attached hydrogens (tertiary/aromatic N) is 1. The highest BCUT2D eigenvalue weighted by atomic mass is 16.5. The van der Waals surface area contributed by atoms with Crippen LogP contribution in [0.2, 0.25) is 0 Å². The van der Waals surface area contributed by atoms with E-state index in [0.717, 1.165) is 11.1 Å². The summed E-state index contributed by atoms with van der Waals surface area (Å²) in [5.41, 5.74) is 1.83. The van der Waals surface area contributed by atoms with E-state index >= 15 is 0 Å². The van der Waals surface area contributed by atoms with E-state index in [-0.39, 0.29) is 42.7 Å². The molecular formula is C33H47N5O5. The highest BCUT2D eigenvalue weighted by Gasteiger charge is 2.31. The minimum Gasteiger partial charge on any atom is -0.497 e. The Hall–Kier alpha value is -3.92. The lowest BCUT2D eigenvalue weighted by atomic mass is 10.0. The predicted octanol–water partition coefficient (Wildman–Crippen LogP) is 2.41. The van der Waals surface area contributed by atoms with Crippen molar-refractivity contribution in [1.29, 1.82) is 0 Å². The molecule has 0 bridgehead atoms. The maximum Gasteiger partial charge on any atom is 0.243 e. The van der Waals surface area contributed by atoms with Crippen LogP contribution in [0.5, 0.6) is 5.75 Å². The number of carbonyl (C=O) groups excluding carboxylic acids is 4. The highest BCUT2D eigenvalue weighted by Crippen LogP contribution is 2.15. The second-order valence-electron chi connectivity index (χ2n) is 12.1. The Balaban J connectivity index is 1.94. The van der Waals surface area contributed by atoms with Gasteiger partial charge in [-0.3, -0.25) is 24.1 Å². The molecule has 2 aromatic rings. The van der Waals surface area contributed by atoms with Gasteiger partial charge < -0.3 is 26.0 Å². The molecule has 1 aliphatic rings. The van der Waals surface area contributed by atoms with Gasteiger partial charge in [-0.15, -0.1) is 0 Å². The molecule has 3 rings (SSSR count). The third kappa shape index (κ3) is 10.7. The molecule has 234 valence electrons. The number of benzene rings is 2. The van der Waals surface area contributed by atoms with Crippen molar-refractivity contribution in [3.05, 3.63) is 65.7 Å². The van der Waals surface area contributed by atoms with Gasteiger partial charge in [0.25, 0.3) is 0 Å². The molecule has 0 saturated carbocycles. The number of rotatable bonds is 8. The van der Waals surface area contributed by atoms with Crippen LogP contribution in [0.15, 0.2) is 54.6 Å². The van der Waals surface area contributed by atoms with Crippen molar-refractivity contribution < 1.29 is 23.9 Å². The molecule has 1 saturated heterocycles. The summed E-state index contributed by atoms with van der Waals surface area (Å²) in [6, 6.07) is 14.1. The Morgan fingerprint density at radius 3 is 2.05 bits per heavy atom. The maximum absolute atomic E-state index is 13.6. The SMILES string of the molecule is COc1ccc(C[C@@H]2NC(=O)[C@H](CC(C)C)NC(=O)CN(Cc3ccccc3)C[C@H](C(C)C)NC(=O)[C@@H](C)NC2=O)cc1. The normalized spacial score (nSPS) is 23.1. The van der Waals surface area contributed by atoms with Gasteiger partial charge in [-0.25, -0.2) is 0 Å². The van der Waals surface area contributed by atoms with E-state index in [2.05, 4.69) is 21.3 Å². The summed E-state index contributed by atoms with van der Waals surface area (Å²) in [7, 11) is 1.57. The van der Waals surface area contributed by atoms with Gasteiger partial charge in [0.2, 0.25) is 23.6 Å². The average Bonchev–Trinajstić information content (AvgIpc) is 2.96. The van der Waals surface area contributed by atoms with E-state index in [1.165, 1.54) is 0 Å². The zero-order valence-electron chi connectivity index (χ0n) is 26.2. The maximum atomic E-state index is 13.6. The molecule has 43 heavy (non-hydrogen) atoms. The topological polar surface area (TPSA) is 129 Å². The van der Waals surface area contributed by atoms with Gasteiger partial charge in [0.15, 0.2) is 0 Å². The number of nitrogens with one attached hydrogen (secondary N) is 4. The first-order valence-corrected chi connectivity index (χ1v) is 15.0. The first-order valence-electron chi connectivity index (χ1n) is 15.0. The van der Waals surface area contributed by atoms with Crippen LogP contribution in [0.25, 0.3) is 0 Å². The first kappa shape index (κ1) is 33.6. The van der Waals surface area contributed by atoms with E-state index in [0.29, 0.717) is 25.3 Å². The number of hydrogen-bond donors (Lipinski definition) is 4. The van der Waals surface area contributed by atoms with E-state index in [9.17, 15) is 19.2 Å². The fourth-order valence-electron chi connectivity index (χ4n) is 5.04. The molecule has 10 heteroatoms. The summed E-state index contributed by atoms with van der Waals surface area (Å²) in [5, 5.41) is 11.7. The van der Waals surface area contributed by atoms with Gasteiger partial charge in [0, 0.05) is 25.6 Å². The van der Waals surface area contributed by atoms with Crippen molar-refractivity contribution in [3.63, 3.8) is 0 Å². The lowest BCUT2D eigenvalue weighted by Gasteiger charge is -2.31. The Morgan fingerprint density at radius 1 is 0.791 bits per heavy atom. The summed E-state index contributed by atoms with van der Waals surface area (Å²) in [6.45, 7) is 10.5. The Labute approximate surface area is 255 Å². The van der Waals surface area contributed by atoms with Crippen molar-refractivity contribution in [2.24, 2.45) is 11.8 Å². The van der Waals surface area contributed by atoms with Crippen LogP contribution in [-0.4, -0.2) is 72.9 Å². The molecule has 4 N–H and O–H groups in total. The largest absolute Gasteiger partial charge is 0.497 e. The highest BCUT2D eigenvalue weighted by molar-refractivity contribution is 5.94. The van der Waals surface area contributed by atoms with Crippen LogP contribution in [-0.2, 0) is 32.1 Å². The number of methoxy groups -OCH3 is 1. The summed E-state index contributed by atoms with van der Waals surface area (Å²) in [6.07, 6.45) is 0.593. The number of carbonyl (C=O) groups is 4. The smallest absolute Gasteiger partial charge is 0.243 e. The second kappa shape index (κ2) is 16.1. The van der Waals surface area contributed by atoms with Crippen LogP contribution >= 0.6 is 0 Å². The van der Waals surface area contributed by atoms with E-state index in [1.807, 2.05) is 75.1 Å². The van der Waals surface area contributed by atoms with Crippen LogP contribution in [0, 0.1) is 11.8 Å². The minimum atomic E-state index is -0.969. The fraction of sp³-hybridized carbons (Fsp3) is 0.515. The summed E-state index contributed by atoms with van der Waals surface area (Å²) >= 11 is 0. The van der Waals surface area contributed by atoms with Crippen molar-refractivity contribution in [3.8, 4) is 5.75 Å². The van der Waals surface area contributed by atoms with Gasteiger partial charge in [-0.1, -0.05) is 70.2 Å². The lowest BCUT2D eigenvalue weighted by Crippen LogP contribution is -2.57. The van der Waals surface area contributed by atoms with Gasteiger partial charge in [-0.05, 0) is 48.4 Å². The minimum absolute atomic E-state index is 0.0396. The first-order chi connectivity index (χ1) is 20.4. The van der Waals surface area contributed by atoms with Crippen molar-refractivity contribution in [2.45, 2.75) is 78.2 Å². The number of ether oxygens (including phenoxy) is 1. The lowest BCUT2D eigenvalue weighted by molar-refractivity contribution is -0.133. The summed E-state index contributed by atoms with van der Waals surface area (Å²) in [4.78, 5) is 55.8. The van der Waals surface area contributed by atoms with Gasteiger partial charge in [0.05, 0.1) is 13.7 Å². The zero-order chi connectivity index (χ0) is 31.5. The number of amides is 4. The molecule has 0 aliphatic carbocycles. The Kier molecular flexibility index (Phi) is 12.5. The molecule has 0 radical (unpaired) electrons. The van der Waals surface area contributed by atoms with E-state index in [1.54, 1.807) is 26.2 Å². The number of hydrogen-bond acceptors (Lipinski definition) is 6. The molecule has 4 atom stereocenters. The molecule has 1 aliphatic heterocycles. The Morgan fingerprint density at radius 2 is 1.44 bits per heavy atom. The molecule has 0 aromatic heterocycles. The second-order valence-corrected chi connectivity index (χ2v) is 12.1. The quantitative estimate of drug-likeness (QED) is 0.372. The van der Waals surface area contributed by atoms with E-state index in [4.69, 9.17) is 4.74 Å². The van der Waals surface area contributed by atoms with Crippen molar-refractivity contribution in [1.82, 2.24) is 26.2 Å². The third-order valence-electron chi connectivity index (χ3n) is 7.55. The van der Waals surface area contributed by atoms with Gasteiger partial charge in [0.1, 0.15) is 23.9 Å². The van der Waals surface area contributed by atoms with Crippen LogP contribution < -0.4 is 26.0 Å². The van der Waals surface area contributed by atoms with Crippen molar-refractivity contribution >= 4 is 23.6 Å². The molecular weight excluding hydrogens is 546 g/mol. The summed E-state index contributed by atoms with van der Waals surface area (Å²) < 4.78 is 5.24. The van der Waals surface area contributed by atoms with Crippen molar-refractivity contribution in [2.75, 3.05) is 20.2 Å². The molecule has 0 spiro atoms. The fourth-order valence-corrected chi connectivity index (χ4v) is 5.04. The van der Waals surface area contributed by atoms with Gasteiger partial charge in [-0.2, -0.15) is 0 Å². The standard InChI is InChI=1S/C33H47N5O5/c1-21(2)16-27-33(42)36-28(17-24-12-14-26(43-6)15-13-24)32(41)34-23(5)31(40)37-29(22(3)4)19-38(20-30(39)35-27)18-25-10-8-7-9-11-25/h7-15,21-23,27-29H,16-20H2,1-6H3,(H,34,41)(H,35,39)(H,36,42)(H,37,40)/t23-,27+,28+,29-/m1/s1. The molecule has 2 aromatic carbocycles. The average molecular weight is 594 g/mol. The molecule has 0 unspecified atom stereocenters. The molecule has 1 fully saturated rings. The van der Waals surface area contributed by atoms with E-state index < -0.39 is 29.9 Å². The van der Waals surface area contributed by atoms with Crippen LogP contribution in [0.3, 0.4) is 0 Å². The monoisotopic (exact) mass is 593 g/mol. The van der Waals surface area contributed by atoms with Crippen LogP contribution in [0.1, 0.15) is 52.2 Å². The third-order valence-corrected chi connectivity index (χ3v) is 7.55. The van der Waals surface area contributed by atoms with Gasteiger partial charge >= 0.3 is 0 Å². The molecule has 10 nitrogen and oxygen atoms in total. The summed E-state index contributed by atoms with van der Waals surface area (Å²) in [5.74, 6) is -0.725. The Bertz CT molecular complexity index is 1220. The van der Waals surface area contributed by atoms with Crippen LogP contribution in [0.4, 0.5) is 0 Å².